The number of anilines is 1. The molecule has 0 aliphatic rings. The molecular formula is C12H16Cl2N2OS. The van der Waals surface area contributed by atoms with E-state index in [9.17, 15) is 4.79 Å². The van der Waals surface area contributed by atoms with Crippen molar-refractivity contribution in [2.75, 3.05) is 24.3 Å². The van der Waals surface area contributed by atoms with E-state index in [4.69, 9.17) is 28.9 Å². The number of carbonyl (C=O) groups is 1. The molecule has 0 bridgehead atoms. The quantitative estimate of drug-likeness (QED) is 0.625. The molecule has 0 saturated heterocycles. The summed E-state index contributed by atoms with van der Waals surface area (Å²) in [5.41, 5.74) is 6.41. The van der Waals surface area contributed by atoms with Crippen LogP contribution in [0.2, 0.25) is 10.0 Å². The highest BCUT2D eigenvalue weighted by Gasteiger charge is 2.10. The Balaban J connectivity index is 2.52. The van der Waals surface area contributed by atoms with E-state index in [1.807, 2.05) is 0 Å². The highest BCUT2D eigenvalue weighted by molar-refractivity contribution is 7.98. The van der Waals surface area contributed by atoms with Crippen LogP contribution in [0.25, 0.3) is 0 Å². The van der Waals surface area contributed by atoms with Crippen molar-refractivity contribution in [3.63, 3.8) is 0 Å². The maximum absolute atomic E-state index is 11.8. The number of amides is 1. The lowest BCUT2D eigenvalue weighted by Gasteiger charge is -2.07. The van der Waals surface area contributed by atoms with Gasteiger partial charge in [0.1, 0.15) is 0 Å². The number of thioether (sulfide) groups is 1. The van der Waals surface area contributed by atoms with Gasteiger partial charge in [-0.05, 0) is 37.0 Å². The molecule has 100 valence electrons. The summed E-state index contributed by atoms with van der Waals surface area (Å²) in [7, 11) is 0. The average Bonchev–Trinajstić information content (AvgIpc) is 2.34. The van der Waals surface area contributed by atoms with Gasteiger partial charge >= 0.3 is 0 Å². The molecule has 0 spiro atoms. The summed E-state index contributed by atoms with van der Waals surface area (Å²) in [6, 6.07) is 3.06. The van der Waals surface area contributed by atoms with Crippen molar-refractivity contribution in [1.82, 2.24) is 5.32 Å². The summed E-state index contributed by atoms with van der Waals surface area (Å²) in [5, 5.41) is 3.41. The molecule has 0 saturated carbocycles. The van der Waals surface area contributed by atoms with E-state index in [1.54, 1.807) is 11.8 Å². The highest BCUT2D eigenvalue weighted by Crippen LogP contribution is 2.29. The molecule has 18 heavy (non-hydrogen) atoms. The standard InChI is InChI=1S/C12H16Cl2N2OS/c1-18-5-3-2-4-16-12(17)8-6-9(13)11(14)10(15)7-8/h6-7H,2-5,15H2,1H3,(H,16,17). The van der Waals surface area contributed by atoms with Gasteiger partial charge in [0.25, 0.3) is 5.91 Å². The Morgan fingerprint density at radius 1 is 1.39 bits per heavy atom. The average molecular weight is 307 g/mol. The summed E-state index contributed by atoms with van der Waals surface area (Å²) >= 11 is 13.5. The molecule has 0 aliphatic heterocycles. The fourth-order valence-corrected chi connectivity index (χ4v) is 2.25. The summed E-state index contributed by atoms with van der Waals surface area (Å²) < 4.78 is 0. The van der Waals surface area contributed by atoms with E-state index in [0.717, 1.165) is 18.6 Å². The van der Waals surface area contributed by atoms with E-state index < -0.39 is 0 Å². The lowest BCUT2D eigenvalue weighted by molar-refractivity contribution is 0.0953. The number of carbonyl (C=O) groups excluding carboxylic acids is 1. The first-order valence-electron chi connectivity index (χ1n) is 5.58. The zero-order valence-electron chi connectivity index (χ0n) is 10.1. The minimum Gasteiger partial charge on any atom is -0.397 e. The number of hydrogen-bond acceptors (Lipinski definition) is 3. The van der Waals surface area contributed by atoms with Gasteiger partial charge in [0, 0.05) is 12.1 Å². The molecule has 3 N–H and O–H groups in total. The molecular weight excluding hydrogens is 291 g/mol. The maximum atomic E-state index is 11.8. The first kappa shape index (κ1) is 15.5. The number of nitrogen functional groups attached to an aromatic ring is 1. The topological polar surface area (TPSA) is 55.1 Å². The number of benzene rings is 1. The molecule has 6 heteroatoms. The normalized spacial score (nSPS) is 10.4. The summed E-state index contributed by atoms with van der Waals surface area (Å²) in [4.78, 5) is 11.8. The van der Waals surface area contributed by atoms with Crippen LogP contribution in [0.4, 0.5) is 5.69 Å². The van der Waals surface area contributed by atoms with Gasteiger partial charge in [0.05, 0.1) is 15.7 Å². The van der Waals surface area contributed by atoms with Crippen LogP contribution in [0.1, 0.15) is 23.2 Å². The molecule has 0 heterocycles. The number of unbranched alkanes of at least 4 members (excludes halogenated alkanes) is 1. The zero-order chi connectivity index (χ0) is 13.5. The molecule has 1 amide bonds. The van der Waals surface area contributed by atoms with Crippen molar-refractivity contribution >= 4 is 46.6 Å². The van der Waals surface area contributed by atoms with Crippen molar-refractivity contribution < 1.29 is 4.79 Å². The van der Waals surface area contributed by atoms with Crippen LogP contribution in [0, 0.1) is 0 Å². The van der Waals surface area contributed by atoms with Gasteiger partial charge in [-0.2, -0.15) is 11.8 Å². The molecule has 1 rings (SSSR count). The molecule has 1 aromatic carbocycles. The first-order valence-corrected chi connectivity index (χ1v) is 7.73. The Labute approximate surface area is 121 Å². The predicted octanol–water partition coefficient (Wildman–Crippen LogP) is 3.45. The van der Waals surface area contributed by atoms with Gasteiger partial charge in [0.15, 0.2) is 0 Å². The third-order valence-electron chi connectivity index (χ3n) is 2.38. The second-order valence-corrected chi connectivity index (χ2v) is 5.59. The summed E-state index contributed by atoms with van der Waals surface area (Å²) in [6.45, 7) is 0.652. The van der Waals surface area contributed by atoms with Crippen molar-refractivity contribution in [2.45, 2.75) is 12.8 Å². The lowest BCUT2D eigenvalue weighted by Crippen LogP contribution is -2.24. The monoisotopic (exact) mass is 306 g/mol. The Morgan fingerprint density at radius 2 is 2.11 bits per heavy atom. The molecule has 0 aromatic heterocycles. The van der Waals surface area contributed by atoms with Gasteiger partial charge in [-0.25, -0.2) is 0 Å². The molecule has 0 aliphatic carbocycles. The van der Waals surface area contributed by atoms with Crippen molar-refractivity contribution in [2.24, 2.45) is 0 Å². The fraction of sp³-hybridized carbons (Fsp3) is 0.417. The van der Waals surface area contributed by atoms with Crippen LogP contribution in [-0.4, -0.2) is 24.5 Å². The number of nitrogens with two attached hydrogens (primary N) is 1. The van der Waals surface area contributed by atoms with Gasteiger partial charge in [0.2, 0.25) is 0 Å². The minimum atomic E-state index is -0.176. The number of halogens is 2. The smallest absolute Gasteiger partial charge is 0.251 e. The van der Waals surface area contributed by atoms with Crippen molar-refractivity contribution in [3.05, 3.63) is 27.7 Å². The van der Waals surface area contributed by atoms with Gasteiger partial charge < -0.3 is 11.1 Å². The number of rotatable bonds is 6. The van der Waals surface area contributed by atoms with Crippen LogP contribution in [0.3, 0.4) is 0 Å². The number of nitrogens with one attached hydrogen (secondary N) is 1. The van der Waals surface area contributed by atoms with Crippen molar-refractivity contribution in [1.29, 1.82) is 0 Å². The lowest BCUT2D eigenvalue weighted by atomic mass is 10.2. The summed E-state index contributed by atoms with van der Waals surface area (Å²) in [5.74, 6) is 0.930. The Kier molecular flexibility index (Phi) is 6.68. The van der Waals surface area contributed by atoms with Crippen LogP contribution in [0.5, 0.6) is 0 Å². The van der Waals surface area contributed by atoms with E-state index in [2.05, 4.69) is 11.6 Å². The van der Waals surface area contributed by atoms with Crippen molar-refractivity contribution in [3.8, 4) is 0 Å². The molecule has 1 aromatic rings. The molecule has 3 nitrogen and oxygen atoms in total. The summed E-state index contributed by atoms with van der Waals surface area (Å²) in [6.07, 6.45) is 4.12. The number of hydrogen-bond donors (Lipinski definition) is 2. The van der Waals surface area contributed by atoms with Crippen LogP contribution < -0.4 is 11.1 Å². The predicted molar refractivity (Wildman–Crippen MR) is 80.8 cm³/mol. The Bertz CT molecular complexity index is 404. The van der Waals surface area contributed by atoms with E-state index in [1.165, 1.54) is 12.1 Å². The van der Waals surface area contributed by atoms with Crippen LogP contribution in [-0.2, 0) is 0 Å². The van der Waals surface area contributed by atoms with E-state index in [-0.39, 0.29) is 10.9 Å². The van der Waals surface area contributed by atoms with Crippen LogP contribution in [0.15, 0.2) is 12.1 Å². The molecule has 0 fully saturated rings. The Morgan fingerprint density at radius 3 is 2.72 bits per heavy atom. The van der Waals surface area contributed by atoms with Crippen LogP contribution >= 0.6 is 35.0 Å². The maximum Gasteiger partial charge on any atom is 0.251 e. The third kappa shape index (κ3) is 4.59. The largest absolute Gasteiger partial charge is 0.397 e. The van der Waals surface area contributed by atoms with Gasteiger partial charge in [-0.3, -0.25) is 4.79 Å². The van der Waals surface area contributed by atoms with Gasteiger partial charge in [-0.1, -0.05) is 23.2 Å². The molecule has 0 radical (unpaired) electrons. The highest BCUT2D eigenvalue weighted by atomic mass is 35.5. The zero-order valence-corrected chi connectivity index (χ0v) is 12.5. The van der Waals surface area contributed by atoms with E-state index in [0.29, 0.717) is 22.8 Å². The third-order valence-corrected chi connectivity index (χ3v) is 3.89. The second-order valence-electron chi connectivity index (χ2n) is 3.82. The fourth-order valence-electron chi connectivity index (χ4n) is 1.42. The second kappa shape index (κ2) is 7.77. The SMILES string of the molecule is CSCCCCNC(=O)c1cc(N)c(Cl)c(Cl)c1. The minimum absolute atomic E-state index is 0.176. The first-order chi connectivity index (χ1) is 8.56. The van der Waals surface area contributed by atoms with E-state index >= 15 is 0 Å². The molecule has 0 atom stereocenters. The Hall–Kier alpha value is -0.580. The molecule has 0 unspecified atom stereocenters. The van der Waals surface area contributed by atoms with Gasteiger partial charge in [-0.15, -0.1) is 0 Å².